The van der Waals surface area contributed by atoms with Crippen molar-refractivity contribution in [2.75, 3.05) is 14.2 Å². The summed E-state index contributed by atoms with van der Waals surface area (Å²) in [5.74, 6) is -3.00. The zero-order chi connectivity index (χ0) is 16.0. The molecule has 2 rings (SSSR count). The zero-order valence-corrected chi connectivity index (χ0v) is 13.4. The van der Waals surface area contributed by atoms with Crippen LogP contribution in [0.2, 0.25) is 0 Å². The first kappa shape index (κ1) is 16.0. The first-order chi connectivity index (χ1) is 9.61. The Bertz CT molecular complexity index is 542. The van der Waals surface area contributed by atoms with Crippen LogP contribution in [0.5, 0.6) is 0 Å². The van der Waals surface area contributed by atoms with E-state index in [4.69, 9.17) is 4.74 Å². The molecule has 0 saturated carbocycles. The maximum atomic E-state index is 14.0. The highest BCUT2D eigenvalue weighted by atomic mass is 19.3. The molecule has 2 unspecified atom stereocenters. The van der Waals surface area contributed by atoms with Crippen LogP contribution in [0.1, 0.15) is 31.4 Å². The standard InChI is InChI=1S/C15H23F2N3O/c1-10-7-8-11(2)20(10)13-9-12(19(5)18-13)14(3,21-6)15(4,16)17/h7-9,13,18H,1-6H3. The third-order valence-electron chi connectivity index (χ3n) is 4.34. The van der Waals surface area contributed by atoms with Crippen LogP contribution in [0.25, 0.3) is 0 Å². The van der Waals surface area contributed by atoms with E-state index in [1.54, 1.807) is 18.1 Å². The van der Waals surface area contributed by atoms with Crippen LogP contribution in [0.15, 0.2) is 23.9 Å². The topological polar surface area (TPSA) is 29.4 Å². The molecule has 1 aromatic rings. The Balaban J connectivity index is 2.44. The minimum absolute atomic E-state index is 0.197. The van der Waals surface area contributed by atoms with Gasteiger partial charge in [-0.1, -0.05) is 0 Å². The summed E-state index contributed by atoms with van der Waals surface area (Å²) < 4.78 is 35.2. The highest BCUT2D eigenvalue weighted by molar-refractivity contribution is 5.26. The first-order valence-electron chi connectivity index (χ1n) is 6.91. The Morgan fingerprint density at radius 3 is 2.14 bits per heavy atom. The number of alkyl halides is 2. The molecule has 0 amide bonds. The SMILES string of the molecule is COC(C)(C1=CC(n2c(C)ccc2C)NN1C)C(C)(F)F. The van der Waals surface area contributed by atoms with Crippen molar-refractivity contribution in [3.8, 4) is 0 Å². The molecule has 1 N–H and O–H groups in total. The number of nitrogens with one attached hydrogen (secondary N) is 1. The average Bonchev–Trinajstić information content (AvgIpc) is 2.90. The van der Waals surface area contributed by atoms with E-state index in [0.717, 1.165) is 18.3 Å². The number of aryl methyl sites for hydroxylation is 2. The lowest BCUT2D eigenvalue weighted by atomic mass is 9.94. The van der Waals surface area contributed by atoms with E-state index in [-0.39, 0.29) is 6.17 Å². The van der Waals surface area contributed by atoms with Crippen LogP contribution in [0, 0.1) is 13.8 Å². The van der Waals surface area contributed by atoms with E-state index in [2.05, 4.69) is 9.99 Å². The smallest absolute Gasteiger partial charge is 0.279 e. The molecule has 21 heavy (non-hydrogen) atoms. The van der Waals surface area contributed by atoms with Crippen LogP contribution < -0.4 is 5.43 Å². The second kappa shape index (κ2) is 5.10. The Morgan fingerprint density at radius 2 is 1.71 bits per heavy atom. The summed E-state index contributed by atoms with van der Waals surface area (Å²) in [7, 11) is 3.04. The van der Waals surface area contributed by atoms with Crippen LogP contribution in [0.4, 0.5) is 8.78 Å². The number of hydrazine groups is 1. The van der Waals surface area contributed by atoms with Gasteiger partial charge in [-0.05, 0) is 39.0 Å². The molecule has 4 nitrogen and oxygen atoms in total. The molecule has 0 fully saturated rings. The number of hydrogen-bond donors (Lipinski definition) is 1. The first-order valence-corrected chi connectivity index (χ1v) is 6.91. The molecule has 0 radical (unpaired) electrons. The van der Waals surface area contributed by atoms with Gasteiger partial charge in [-0.25, -0.2) is 14.2 Å². The Hall–Kier alpha value is -1.40. The predicted molar refractivity (Wildman–Crippen MR) is 78.0 cm³/mol. The zero-order valence-electron chi connectivity index (χ0n) is 13.4. The summed E-state index contributed by atoms with van der Waals surface area (Å²) in [4.78, 5) is 0. The van der Waals surface area contributed by atoms with Crippen LogP contribution in [-0.2, 0) is 4.74 Å². The Kier molecular flexibility index (Phi) is 3.88. The molecule has 2 atom stereocenters. The van der Waals surface area contributed by atoms with Crippen LogP contribution >= 0.6 is 0 Å². The molecule has 0 aliphatic carbocycles. The van der Waals surface area contributed by atoms with E-state index in [0.29, 0.717) is 5.70 Å². The number of aromatic nitrogens is 1. The van der Waals surface area contributed by atoms with Gasteiger partial charge in [-0.2, -0.15) is 0 Å². The third kappa shape index (κ3) is 2.46. The van der Waals surface area contributed by atoms with E-state index in [1.165, 1.54) is 14.0 Å². The van der Waals surface area contributed by atoms with Gasteiger partial charge < -0.3 is 14.3 Å². The third-order valence-corrected chi connectivity index (χ3v) is 4.34. The number of methoxy groups -OCH3 is 1. The molecule has 2 heterocycles. The van der Waals surface area contributed by atoms with Gasteiger partial charge >= 0.3 is 0 Å². The molecule has 0 bridgehead atoms. The summed E-state index contributed by atoms with van der Waals surface area (Å²) in [6, 6.07) is 4.01. The average molecular weight is 299 g/mol. The second-order valence-corrected chi connectivity index (χ2v) is 5.80. The molecule has 118 valence electrons. The summed E-state index contributed by atoms with van der Waals surface area (Å²) in [6.07, 6.45) is 1.60. The van der Waals surface area contributed by atoms with Crippen molar-refractivity contribution in [3.05, 3.63) is 35.3 Å². The number of rotatable bonds is 4. The summed E-state index contributed by atoms with van der Waals surface area (Å²) in [5.41, 5.74) is 4.07. The van der Waals surface area contributed by atoms with Gasteiger partial charge in [0.15, 0.2) is 5.60 Å². The molecule has 6 heteroatoms. The summed E-state index contributed by atoms with van der Waals surface area (Å²) in [6.45, 7) is 6.27. The van der Waals surface area contributed by atoms with Crippen LogP contribution in [-0.4, -0.2) is 35.3 Å². The minimum Gasteiger partial charge on any atom is -0.366 e. The van der Waals surface area contributed by atoms with Gasteiger partial charge in [-0.3, -0.25) is 0 Å². The number of likely N-dealkylation sites (N-methyl/N-ethyl adjacent to an activating group) is 1. The molecule has 0 spiro atoms. The number of hydrogen-bond acceptors (Lipinski definition) is 3. The highest BCUT2D eigenvalue weighted by Crippen LogP contribution is 2.40. The fourth-order valence-corrected chi connectivity index (χ4v) is 2.81. The van der Waals surface area contributed by atoms with Crippen molar-refractivity contribution < 1.29 is 13.5 Å². The molecule has 1 aromatic heterocycles. The fraction of sp³-hybridized carbons (Fsp3) is 0.600. The molecule has 0 aromatic carbocycles. The van der Waals surface area contributed by atoms with E-state index in [9.17, 15) is 8.78 Å². The van der Waals surface area contributed by atoms with Gasteiger partial charge in [0.05, 0.1) is 5.70 Å². The predicted octanol–water partition coefficient (Wildman–Crippen LogP) is 3.00. The van der Waals surface area contributed by atoms with Crippen molar-refractivity contribution in [2.24, 2.45) is 0 Å². The van der Waals surface area contributed by atoms with Gasteiger partial charge in [0.1, 0.15) is 6.17 Å². The lowest BCUT2D eigenvalue weighted by Crippen LogP contribution is -2.51. The largest absolute Gasteiger partial charge is 0.366 e. The Labute approximate surface area is 124 Å². The minimum atomic E-state index is -3.00. The van der Waals surface area contributed by atoms with E-state index >= 15 is 0 Å². The van der Waals surface area contributed by atoms with E-state index in [1.807, 2.05) is 26.0 Å². The molecule has 1 aliphatic heterocycles. The van der Waals surface area contributed by atoms with Gasteiger partial charge in [0, 0.05) is 32.5 Å². The maximum absolute atomic E-state index is 14.0. The molecule has 1 aliphatic rings. The van der Waals surface area contributed by atoms with Gasteiger partial charge in [0.2, 0.25) is 0 Å². The second-order valence-electron chi connectivity index (χ2n) is 5.80. The highest BCUT2D eigenvalue weighted by Gasteiger charge is 2.52. The van der Waals surface area contributed by atoms with E-state index < -0.39 is 11.5 Å². The lowest BCUT2D eigenvalue weighted by molar-refractivity contribution is -0.164. The molecular weight excluding hydrogens is 276 g/mol. The van der Waals surface area contributed by atoms with Crippen molar-refractivity contribution >= 4 is 0 Å². The monoisotopic (exact) mass is 299 g/mol. The van der Waals surface area contributed by atoms with Crippen molar-refractivity contribution in [3.63, 3.8) is 0 Å². The van der Waals surface area contributed by atoms with Crippen molar-refractivity contribution in [1.29, 1.82) is 0 Å². The summed E-state index contributed by atoms with van der Waals surface area (Å²) in [5, 5.41) is 1.62. The molecule has 0 saturated heterocycles. The lowest BCUT2D eigenvalue weighted by Gasteiger charge is -2.37. The van der Waals surface area contributed by atoms with Crippen molar-refractivity contribution in [2.45, 2.75) is 45.4 Å². The van der Waals surface area contributed by atoms with Gasteiger partial charge in [0.25, 0.3) is 5.92 Å². The van der Waals surface area contributed by atoms with Gasteiger partial charge in [-0.15, -0.1) is 0 Å². The normalized spacial score (nSPS) is 22.4. The molecular formula is C15H23F2N3O. The summed E-state index contributed by atoms with van der Waals surface area (Å²) >= 11 is 0. The fourth-order valence-electron chi connectivity index (χ4n) is 2.81. The van der Waals surface area contributed by atoms with Crippen LogP contribution in [0.3, 0.4) is 0 Å². The van der Waals surface area contributed by atoms with Crippen molar-refractivity contribution in [1.82, 2.24) is 15.0 Å². The number of halogens is 2. The number of ether oxygens (including phenoxy) is 1. The number of nitrogens with zero attached hydrogens (tertiary/aromatic N) is 2. The maximum Gasteiger partial charge on any atom is 0.279 e. The Morgan fingerprint density at radius 1 is 1.19 bits per heavy atom. The quantitative estimate of drug-likeness (QED) is 0.927.